The van der Waals surface area contributed by atoms with Crippen LogP contribution in [0.4, 0.5) is 10.1 Å². The fraction of sp³-hybridized carbons (Fsp3) is 0.353. The topological polar surface area (TPSA) is 90.0 Å². The Hall–Kier alpha value is -1.90. The van der Waals surface area contributed by atoms with Crippen molar-refractivity contribution in [1.82, 2.24) is 9.78 Å². The molecule has 0 saturated heterocycles. The Morgan fingerprint density at radius 2 is 1.92 bits per heavy atom. The number of aryl methyl sites for hydroxylation is 1. The minimum Gasteiger partial charge on any atom is -0.327 e. The molecule has 1 aromatic heterocycles. The number of sulfonamides is 1. The third-order valence-electron chi connectivity index (χ3n) is 3.81. The Kier molecular flexibility index (Phi) is 7.80. The smallest absolute Gasteiger partial charge is 0.229 e. The molecule has 0 aliphatic rings. The van der Waals surface area contributed by atoms with Gasteiger partial charge >= 0.3 is 0 Å². The summed E-state index contributed by atoms with van der Waals surface area (Å²) in [5, 5.41) is 4.40. The van der Waals surface area contributed by atoms with Gasteiger partial charge in [-0.15, -0.1) is 12.4 Å². The summed E-state index contributed by atoms with van der Waals surface area (Å²) in [5.41, 5.74) is 9.63. The van der Waals surface area contributed by atoms with Crippen LogP contribution in [0.15, 0.2) is 36.2 Å². The highest BCUT2D eigenvalue weighted by molar-refractivity contribution is 7.92. The first-order valence-electron chi connectivity index (χ1n) is 7.84. The van der Waals surface area contributed by atoms with E-state index in [0.717, 1.165) is 28.8 Å². The number of nitrogens with one attached hydrogen (secondary N) is 1. The summed E-state index contributed by atoms with van der Waals surface area (Å²) in [6.07, 6.45) is 3.09. The second-order valence-corrected chi connectivity index (χ2v) is 7.69. The Bertz CT molecular complexity index is 877. The van der Waals surface area contributed by atoms with E-state index in [2.05, 4.69) is 9.82 Å². The van der Waals surface area contributed by atoms with Crippen LogP contribution in [0.3, 0.4) is 0 Å². The SMILES string of the molecule is Cc1nn(C/C(F)=C/CN)c(C)c1Cc1ccc(NS(C)(=O)=O)cc1.Cl. The fourth-order valence-electron chi connectivity index (χ4n) is 2.59. The summed E-state index contributed by atoms with van der Waals surface area (Å²) in [4.78, 5) is 0. The Morgan fingerprint density at radius 1 is 1.31 bits per heavy atom. The van der Waals surface area contributed by atoms with E-state index in [-0.39, 0.29) is 31.3 Å². The second kappa shape index (κ2) is 9.16. The molecule has 0 aliphatic carbocycles. The first-order chi connectivity index (χ1) is 11.7. The van der Waals surface area contributed by atoms with Crippen molar-refractivity contribution in [1.29, 1.82) is 0 Å². The van der Waals surface area contributed by atoms with Gasteiger partial charge in [-0.2, -0.15) is 5.10 Å². The monoisotopic (exact) mass is 402 g/mol. The molecule has 0 radical (unpaired) electrons. The number of hydrogen-bond acceptors (Lipinski definition) is 4. The maximum Gasteiger partial charge on any atom is 0.229 e. The molecule has 3 N–H and O–H groups in total. The van der Waals surface area contributed by atoms with E-state index in [1.54, 1.807) is 16.8 Å². The quantitative estimate of drug-likeness (QED) is 0.745. The standard InChI is InChI=1S/C17H23FN4O2S.ClH/c1-12-17(13(2)22(20-12)11-15(18)8-9-19)10-14-4-6-16(7-5-14)21-25(3,23)24;/h4-8,21H,9-11,19H2,1-3H3;1H/b15-8-;. The van der Waals surface area contributed by atoms with Gasteiger partial charge in [0.15, 0.2) is 0 Å². The Balaban J connectivity index is 0.00000338. The second-order valence-electron chi connectivity index (χ2n) is 5.94. The number of nitrogens with zero attached hydrogens (tertiary/aromatic N) is 2. The molecule has 2 rings (SSSR count). The van der Waals surface area contributed by atoms with Crippen LogP contribution in [0, 0.1) is 13.8 Å². The molecule has 0 spiro atoms. The highest BCUT2D eigenvalue weighted by Crippen LogP contribution is 2.20. The lowest BCUT2D eigenvalue weighted by molar-refractivity contribution is 0.517. The van der Waals surface area contributed by atoms with Crippen molar-refractivity contribution >= 4 is 28.1 Å². The van der Waals surface area contributed by atoms with Gasteiger partial charge < -0.3 is 5.73 Å². The van der Waals surface area contributed by atoms with Crippen LogP contribution in [0.25, 0.3) is 0 Å². The molecule has 1 aromatic carbocycles. The maximum atomic E-state index is 13.7. The van der Waals surface area contributed by atoms with E-state index in [0.29, 0.717) is 12.1 Å². The van der Waals surface area contributed by atoms with Crippen LogP contribution in [-0.4, -0.2) is 31.0 Å². The predicted molar refractivity (Wildman–Crippen MR) is 105 cm³/mol. The molecule has 0 saturated carbocycles. The minimum absolute atomic E-state index is 0. The van der Waals surface area contributed by atoms with Gasteiger partial charge in [0.2, 0.25) is 10.0 Å². The zero-order valence-electron chi connectivity index (χ0n) is 15.0. The highest BCUT2D eigenvalue weighted by Gasteiger charge is 2.13. The van der Waals surface area contributed by atoms with Crippen molar-refractivity contribution in [2.45, 2.75) is 26.8 Å². The van der Waals surface area contributed by atoms with Crippen LogP contribution in [0.5, 0.6) is 0 Å². The maximum absolute atomic E-state index is 13.7. The Labute approximate surface area is 159 Å². The van der Waals surface area contributed by atoms with Gasteiger partial charge in [-0.25, -0.2) is 12.8 Å². The number of benzene rings is 1. The highest BCUT2D eigenvalue weighted by atomic mass is 35.5. The van der Waals surface area contributed by atoms with E-state index in [1.807, 2.05) is 26.0 Å². The van der Waals surface area contributed by atoms with Crippen molar-refractivity contribution < 1.29 is 12.8 Å². The minimum atomic E-state index is -3.29. The summed E-state index contributed by atoms with van der Waals surface area (Å²) in [6, 6.07) is 7.15. The van der Waals surface area contributed by atoms with E-state index < -0.39 is 10.0 Å². The van der Waals surface area contributed by atoms with Crippen LogP contribution < -0.4 is 10.5 Å². The lowest BCUT2D eigenvalue weighted by Crippen LogP contribution is -2.09. The van der Waals surface area contributed by atoms with Crippen molar-refractivity contribution in [3.63, 3.8) is 0 Å². The van der Waals surface area contributed by atoms with Crippen molar-refractivity contribution in [2.24, 2.45) is 5.73 Å². The van der Waals surface area contributed by atoms with Gasteiger partial charge in [-0.1, -0.05) is 12.1 Å². The molecule has 0 fully saturated rings. The predicted octanol–water partition coefficient (Wildman–Crippen LogP) is 2.70. The Morgan fingerprint density at radius 3 is 2.46 bits per heavy atom. The summed E-state index contributed by atoms with van der Waals surface area (Å²) in [5.74, 6) is -0.309. The van der Waals surface area contributed by atoms with Crippen LogP contribution in [0.2, 0.25) is 0 Å². The lowest BCUT2D eigenvalue weighted by atomic mass is 10.0. The number of hydrogen-bond donors (Lipinski definition) is 2. The van der Waals surface area contributed by atoms with Crippen molar-refractivity contribution in [3.8, 4) is 0 Å². The summed E-state index contributed by atoms with van der Waals surface area (Å²) in [6.45, 7) is 4.03. The summed E-state index contributed by atoms with van der Waals surface area (Å²) < 4.78 is 40.2. The van der Waals surface area contributed by atoms with Crippen molar-refractivity contribution in [2.75, 3.05) is 17.5 Å². The number of halogens is 2. The van der Waals surface area contributed by atoms with Gasteiger partial charge in [0.05, 0.1) is 18.5 Å². The molecule has 0 atom stereocenters. The third kappa shape index (κ3) is 6.12. The average Bonchev–Trinajstić information content (AvgIpc) is 2.75. The molecule has 9 heteroatoms. The molecule has 1 heterocycles. The van der Waals surface area contributed by atoms with E-state index in [9.17, 15) is 12.8 Å². The van der Waals surface area contributed by atoms with Gasteiger partial charge in [0.1, 0.15) is 5.83 Å². The molecule has 26 heavy (non-hydrogen) atoms. The lowest BCUT2D eigenvalue weighted by Gasteiger charge is -2.07. The van der Waals surface area contributed by atoms with Gasteiger partial charge in [0, 0.05) is 29.9 Å². The zero-order valence-corrected chi connectivity index (χ0v) is 16.6. The molecule has 6 nitrogen and oxygen atoms in total. The fourth-order valence-corrected chi connectivity index (χ4v) is 3.15. The van der Waals surface area contributed by atoms with E-state index in [4.69, 9.17) is 5.73 Å². The van der Waals surface area contributed by atoms with E-state index >= 15 is 0 Å². The molecule has 0 bridgehead atoms. The molecule has 0 unspecified atom stereocenters. The molecule has 144 valence electrons. The molecular formula is C17H24ClFN4O2S. The molecule has 0 aliphatic heterocycles. The molecule has 2 aromatic rings. The largest absolute Gasteiger partial charge is 0.327 e. The summed E-state index contributed by atoms with van der Waals surface area (Å²) >= 11 is 0. The van der Waals surface area contributed by atoms with Gasteiger partial charge in [0.25, 0.3) is 0 Å². The summed E-state index contributed by atoms with van der Waals surface area (Å²) in [7, 11) is -3.29. The van der Waals surface area contributed by atoms with Crippen LogP contribution in [0.1, 0.15) is 22.5 Å². The number of allylic oxidation sites excluding steroid dienone is 1. The van der Waals surface area contributed by atoms with Crippen LogP contribution in [-0.2, 0) is 23.0 Å². The van der Waals surface area contributed by atoms with E-state index in [1.165, 1.54) is 6.08 Å². The van der Waals surface area contributed by atoms with Gasteiger partial charge in [-0.05, 0) is 37.6 Å². The normalized spacial score (nSPS) is 12.0. The zero-order chi connectivity index (χ0) is 18.6. The number of aromatic nitrogens is 2. The number of rotatable bonds is 7. The van der Waals surface area contributed by atoms with Crippen molar-refractivity contribution in [3.05, 3.63) is 58.7 Å². The number of nitrogens with two attached hydrogens (primary N) is 1. The number of anilines is 1. The van der Waals surface area contributed by atoms with Crippen LogP contribution >= 0.6 is 12.4 Å². The first-order valence-corrected chi connectivity index (χ1v) is 9.73. The first kappa shape index (κ1) is 22.1. The average molecular weight is 403 g/mol. The molecule has 0 amide bonds. The third-order valence-corrected chi connectivity index (χ3v) is 4.42. The molecular weight excluding hydrogens is 379 g/mol. The van der Waals surface area contributed by atoms with Gasteiger partial charge in [-0.3, -0.25) is 9.40 Å².